The molecule has 0 aliphatic rings. The molecule has 1 N–H and O–H groups in total. The molecule has 0 spiro atoms. The van der Waals surface area contributed by atoms with Crippen molar-refractivity contribution in [2.24, 2.45) is 0 Å². The van der Waals surface area contributed by atoms with Crippen molar-refractivity contribution in [3.8, 4) is 0 Å². The molecule has 0 saturated carbocycles. The van der Waals surface area contributed by atoms with E-state index in [1.54, 1.807) is 0 Å². The van der Waals surface area contributed by atoms with Crippen LogP contribution in [-0.2, 0) is 0 Å². The fraction of sp³-hybridized carbons (Fsp3) is 0.214. The average molecular weight is 212 g/mol. The predicted octanol–water partition coefficient (Wildman–Crippen LogP) is 3.56. The molecule has 0 amide bonds. The van der Waals surface area contributed by atoms with Crippen LogP contribution in [0.3, 0.4) is 0 Å². The lowest BCUT2D eigenvalue weighted by Gasteiger charge is -2.14. The second kappa shape index (κ2) is 4.79. The van der Waals surface area contributed by atoms with Gasteiger partial charge in [0, 0.05) is 11.9 Å². The van der Waals surface area contributed by atoms with Gasteiger partial charge in [-0.1, -0.05) is 23.8 Å². The first-order valence-electron chi connectivity index (χ1n) is 5.50. The van der Waals surface area contributed by atoms with Crippen molar-refractivity contribution in [1.29, 1.82) is 0 Å². The van der Waals surface area contributed by atoms with Gasteiger partial charge in [-0.3, -0.25) is 4.98 Å². The van der Waals surface area contributed by atoms with Crippen molar-refractivity contribution in [2.45, 2.75) is 19.9 Å². The molecule has 1 heterocycles. The van der Waals surface area contributed by atoms with E-state index >= 15 is 0 Å². The summed E-state index contributed by atoms with van der Waals surface area (Å²) in [5, 5.41) is 3.42. The summed E-state index contributed by atoms with van der Waals surface area (Å²) in [7, 11) is 0. The fourth-order valence-electron chi connectivity index (χ4n) is 1.61. The Labute approximate surface area is 96.4 Å². The Kier molecular flexibility index (Phi) is 3.20. The lowest BCUT2D eigenvalue weighted by Crippen LogP contribution is -2.07. The lowest BCUT2D eigenvalue weighted by molar-refractivity contribution is 0.839. The zero-order chi connectivity index (χ0) is 11.4. The summed E-state index contributed by atoms with van der Waals surface area (Å²) in [4.78, 5) is 4.33. The SMILES string of the molecule is Cc1ccc(NC(C)c2ccccn2)cc1. The van der Waals surface area contributed by atoms with Gasteiger partial charge in [0.25, 0.3) is 0 Å². The summed E-state index contributed by atoms with van der Waals surface area (Å²) < 4.78 is 0. The third kappa shape index (κ3) is 2.60. The van der Waals surface area contributed by atoms with Gasteiger partial charge in [-0.25, -0.2) is 0 Å². The summed E-state index contributed by atoms with van der Waals surface area (Å²) in [5.74, 6) is 0. The Balaban J connectivity index is 2.08. The van der Waals surface area contributed by atoms with Crippen LogP contribution in [-0.4, -0.2) is 4.98 Å². The van der Waals surface area contributed by atoms with Gasteiger partial charge in [-0.05, 0) is 38.1 Å². The van der Waals surface area contributed by atoms with Crippen LogP contribution >= 0.6 is 0 Å². The highest BCUT2D eigenvalue weighted by Gasteiger charge is 2.04. The second-order valence-corrected chi connectivity index (χ2v) is 3.99. The number of benzene rings is 1. The first-order valence-corrected chi connectivity index (χ1v) is 5.50. The highest BCUT2D eigenvalue weighted by Crippen LogP contribution is 2.17. The van der Waals surface area contributed by atoms with E-state index in [2.05, 4.69) is 48.4 Å². The minimum absolute atomic E-state index is 0.226. The van der Waals surface area contributed by atoms with E-state index in [4.69, 9.17) is 0 Å². The van der Waals surface area contributed by atoms with Crippen LogP contribution < -0.4 is 5.32 Å². The molecular formula is C14H16N2. The summed E-state index contributed by atoms with van der Waals surface area (Å²) >= 11 is 0. The van der Waals surface area contributed by atoms with Gasteiger partial charge in [0.15, 0.2) is 0 Å². The van der Waals surface area contributed by atoms with Crippen LogP contribution in [0.2, 0.25) is 0 Å². The summed E-state index contributed by atoms with van der Waals surface area (Å²) in [6.07, 6.45) is 1.82. The van der Waals surface area contributed by atoms with Gasteiger partial charge < -0.3 is 5.32 Å². The van der Waals surface area contributed by atoms with Gasteiger partial charge in [-0.15, -0.1) is 0 Å². The van der Waals surface area contributed by atoms with Crippen LogP contribution in [0.15, 0.2) is 48.7 Å². The fourth-order valence-corrected chi connectivity index (χ4v) is 1.61. The van der Waals surface area contributed by atoms with E-state index in [0.717, 1.165) is 11.4 Å². The minimum atomic E-state index is 0.226. The molecule has 0 bridgehead atoms. The Morgan fingerprint density at radius 1 is 1.06 bits per heavy atom. The molecule has 16 heavy (non-hydrogen) atoms. The minimum Gasteiger partial charge on any atom is -0.377 e. The molecule has 1 unspecified atom stereocenters. The summed E-state index contributed by atoms with van der Waals surface area (Å²) in [5.41, 5.74) is 3.46. The molecule has 1 aromatic carbocycles. The molecule has 1 aromatic heterocycles. The zero-order valence-electron chi connectivity index (χ0n) is 9.64. The van der Waals surface area contributed by atoms with Crippen molar-refractivity contribution >= 4 is 5.69 Å². The Morgan fingerprint density at radius 2 is 1.81 bits per heavy atom. The average Bonchev–Trinajstić information content (AvgIpc) is 2.33. The number of anilines is 1. The largest absolute Gasteiger partial charge is 0.377 e. The molecule has 0 saturated heterocycles. The number of hydrogen-bond donors (Lipinski definition) is 1. The molecule has 2 heteroatoms. The first kappa shape index (κ1) is 10.7. The van der Waals surface area contributed by atoms with Gasteiger partial charge in [0.2, 0.25) is 0 Å². The molecule has 0 aliphatic heterocycles. The molecule has 2 nitrogen and oxygen atoms in total. The van der Waals surface area contributed by atoms with Gasteiger partial charge in [-0.2, -0.15) is 0 Å². The Hall–Kier alpha value is -1.83. The molecular weight excluding hydrogens is 196 g/mol. The second-order valence-electron chi connectivity index (χ2n) is 3.99. The van der Waals surface area contributed by atoms with Crippen LogP contribution in [0.4, 0.5) is 5.69 Å². The number of nitrogens with zero attached hydrogens (tertiary/aromatic N) is 1. The van der Waals surface area contributed by atoms with E-state index in [1.807, 2.05) is 24.4 Å². The highest BCUT2D eigenvalue weighted by atomic mass is 14.9. The molecule has 0 fully saturated rings. The number of nitrogens with one attached hydrogen (secondary N) is 1. The van der Waals surface area contributed by atoms with Crippen molar-refractivity contribution in [3.63, 3.8) is 0 Å². The monoisotopic (exact) mass is 212 g/mol. The zero-order valence-corrected chi connectivity index (χ0v) is 9.64. The maximum atomic E-state index is 4.33. The van der Waals surface area contributed by atoms with Gasteiger partial charge in [0.05, 0.1) is 11.7 Å². The van der Waals surface area contributed by atoms with E-state index in [-0.39, 0.29) is 6.04 Å². The number of pyridine rings is 1. The first-order chi connectivity index (χ1) is 7.75. The van der Waals surface area contributed by atoms with E-state index in [1.165, 1.54) is 5.56 Å². The van der Waals surface area contributed by atoms with E-state index < -0.39 is 0 Å². The predicted molar refractivity (Wildman–Crippen MR) is 67.5 cm³/mol. The summed E-state index contributed by atoms with van der Waals surface area (Å²) in [6, 6.07) is 14.6. The van der Waals surface area contributed by atoms with E-state index in [0.29, 0.717) is 0 Å². The van der Waals surface area contributed by atoms with Crippen molar-refractivity contribution in [3.05, 3.63) is 59.9 Å². The number of hydrogen-bond acceptors (Lipinski definition) is 2. The molecule has 0 aliphatic carbocycles. The topological polar surface area (TPSA) is 24.9 Å². The van der Waals surface area contributed by atoms with E-state index in [9.17, 15) is 0 Å². The third-order valence-electron chi connectivity index (χ3n) is 2.57. The molecule has 0 radical (unpaired) electrons. The van der Waals surface area contributed by atoms with Crippen LogP contribution in [0, 0.1) is 6.92 Å². The highest BCUT2D eigenvalue weighted by molar-refractivity contribution is 5.45. The number of rotatable bonds is 3. The van der Waals surface area contributed by atoms with Crippen LogP contribution in [0.1, 0.15) is 24.2 Å². The van der Waals surface area contributed by atoms with Crippen molar-refractivity contribution in [2.75, 3.05) is 5.32 Å². The Bertz CT molecular complexity index is 434. The number of aryl methyl sites for hydroxylation is 1. The Morgan fingerprint density at radius 3 is 2.44 bits per heavy atom. The maximum Gasteiger partial charge on any atom is 0.0657 e. The van der Waals surface area contributed by atoms with Gasteiger partial charge >= 0.3 is 0 Å². The quantitative estimate of drug-likeness (QED) is 0.841. The van der Waals surface area contributed by atoms with Crippen molar-refractivity contribution in [1.82, 2.24) is 4.98 Å². The maximum absolute atomic E-state index is 4.33. The third-order valence-corrected chi connectivity index (χ3v) is 2.57. The molecule has 2 aromatic rings. The normalized spacial score (nSPS) is 12.1. The van der Waals surface area contributed by atoms with Crippen LogP contribution in [0.5, 0.6) is 0 Å². The smallest absolute Gasteiger partial charge is 0.0657 e. The summed E-state index contributed by atoms with van der Waals surface area (Å²) in [6.45, 7) is 4.20. The lowest BCUT2D eigenvalue weighted by atomic mass is 10.2. The van der Waals surface area contributed by atoms with Crippen LogP contribution in [0.25, 0.3) is 0 Å². The standard InChI is InChI=1S/C14H16N2/c1-11-6-8-13(9-7-11)16-12(2)14-5-3-4-10-15-14/h3-10,12,16H,1-2H3. The molecule has 1 atom stereocenters. The molecule has 82 valence electrons. The van der Waals surface area contributed by atoms with Gasteiger partial charge in [0.1, 0.15) is 0 Å². The van der Waals surface area contributed by atoms with Crippen molar-refractivity contribution < 1.29 is 0 Å². The molecule has 2 rings (SSSR count). The number of aromatic nitrogens is 1.